The minimum atomic E-state index is -1.83. The summed E-state index contributed by atoms with van der Waals surface area (Å²) in [6.45, 7) is 0. The molecular formula is CH4CeO4. The molecule has 0 rings (SSSR count). The maximum Gasteiger partial charge on any atom is 0.503 e. The first-order valence-corrected chi connectivity index (χ1v) is 0.651. The molecule has 0 saturated heterocycles. The molecule has 5 heteroatoms. The smallest absolute Gasteiger partial charge is 0.450 e. The van der Waals surface area contributed by atoms with Crippen molar-refractivity contribution < 1.29 is 62.2 Å². The second-order valence-electron chi connectivity index (χ2n) is 0.283. The fourth-order valence-electron chi connectivity index (χ4n) is 0. The zero-order chi connectivity index (χ0) is 3.58. The average Bonchev–Trinajstić information content (AvgIpc) is 0.811. The Morgan fingerprint density at radius 1 is 1.33 bits per heavy atom. The van der Waals surface area contributed by atoms with E-state index in [0.29, 0.717) is 0 Å². The van der Waals surface area contributed by atoms with Crippen LogP contribution in [-0.2, 0) is 0 Å². The molecule has 0 aromatic rings. The van der Waals surface area contributed by atoms with Crippen LogP contribution in [0.15, 0.2) is 0 Å². The predicted octanol–water partition coefficient (Wildman–Crippen LogP) is -0.602. The van der Waals surface area contributed by atoms with Crippen LogP contribution in [-0.4, -0.2) is 21.8 Å². The molecule has 0 aromatic carbocycles. The first-order valence-electron chi connectivity index (χ1n) is 0.651. The molecule has 0 aliphatic heterocycles. The Labute approximate surface area is 67.9 Å². The maximum atomic E-state index is 8.56. The van der Waals surface area contributed by atoms with Crippen molar-refractivity contribution in [2.75, 3.05) is 0 Å². The zero-order valence-electron chi connectivity index (χ0n) is 2.80. The van der Waals surface area contributed by atoms with E-state index in [9.17, 15) is 0 Å². The summed E-state index contributed by atoms with van der Waals surface area (Å²) in [6.07, 6.45) is -1.83. The molecule has 0 heterocycles. The second-order valence-corrected chi connectivity index (χ2v) is 0.283. The largest absolute Gasteiger partial charge is 0.503 e. The van der Waals surface area contributed by atoms with Crippen LogP contribution in [0.5, 0.6) is 0 Å². The molecule has 0 spiro atoms. The fourth-order valence-corrected chi connectivity index (χ4v) is 0. The van der Waals surface area contributed by atoms with Gasteiger partial charge in [-0.25, -0.2) is 4.79 Å². The van der Waals surface area contributed by atoms with Crippen LogP contribution >= 0.6 is 0 Å². The van der Waals surface area contributed by atoms with Crippen LogP contribution in [0, 0.1) is 41.7 Å². The van der Waals surface area contributed by atoms with Crippen molar-refractivity contribution >= 4 is 6.16 Å². The first-order chi connectivity index (χ1) is 1.73. The predicted molar refractivity (Wildman–Crippen MR) is 14.3 cm³/mol. The summed E-state index contributed by atoms with van der Waals surface area (Å²) >= 11 is 0. The van der Waals surface area contributed by atoms with Gasteiger partial charge in [0, 0.05) is 41.7 Å². The Morgan fingerprint density at radius 3 is 1.33 bits per heavy atom. The van der Waals surface area contributed by atoms with Gasteiger partial charge in [-0.1, -0.05) is 0 Å². The summed E-state index contributed by atoms with van der Waals surface area (Å²) in [5.41, 5.74) is 0. The van der Waals surface area contributed by atoms with E-state index in [2.05, 4.69) is 0 Å². The topological polar surface area (TPSA) is 89.0 Å². The van der Waals surface area contributed by atoms with E-state index < -0.39 is 6.16 Å². The minimum Gasteiger partial charge on any atom is -0.450 e. The van der Waals surface area contributed by atoms with Crippen LogP contribution in [0.25, 0.3) is 0 Å². The van der Waals surface area contributed by atoms with E-state index in [1.54, 1.807) is 0 Å². The number of rotatable bonds is 0. The summed E-state index contributed by atoms with van der Waals surface area (Å²) in [4.78, 5) is 8.56. The molecule has 36 valence electrons. The molecule has 0 unspecified atom stereocenters. The molecule has 6 heavy (non-hydrogen) atoms. The SMILES string of the molecule is O.O=C(O)O.[Ce]. The van der Waals surface area contributed by atoms with Gasteiger partial charge in [-0.05, 0) is 0 Å². The van der Waals surface area contributed by atoms with Gasteiger partial charge in [0.25, 0.3) is 0 Å². The van der Waals surface area contributed by atoms with Crippen LogP contribution in [0.1, 0.15) is 0 Å². The molecule has 0 bridgehead atoms. The van der Waals surface area contributed by atoms with Crippen molar-refractivity contribution in [3.8, 4) is 0 Å². The number of carbonyl (C=O) groups is 1. The molecule has 4 N–H and O–H groups in total. The standard InChI is InChI=1S/CH2O3.Ce.H2O/c2-1(3)4;;/h(H2,2,3,4);;1H2. The summed E-state index contributed by atoms with van der Waals surface area (Å²) < 4.78 is 0. The zero-order valence-corrected chi connectivity index (χ0v) is 5.94. The Kier molecular flexibility index (Phi) is 24.3. The third kappa shape index (κ3) is 163. The summed E-state index contributed by atoms with van der Waals surface area (Å²) in [5, 5.41) is 13.9. The van der Waals surface area contributed by atoms with Crippen molar-refractivity contribution in [3.05, 3.63) is 0 Å². The van der Waals surface area contributed by atoms with Crippen LogP contribution < -0.4 is 0 Å². The quantitative estimate of drug-likeness (QED) is 0.571. The third-order valence-corrected chi connectivity index (χ3v) is 0. The van der Waals surface area contributed by atoms with Gasteiger partial charge in [0.15, 0.2) is 0 Å². The number of hydrogen-bond acceptors (Lipinski definition) is 1. The molecule has 0 atom stereocenters. The molecule has 0 aliphatic rings. The van der Waals surface area contributed by atoms with Gasteiger partial charge in [-0.3, -0.25) is 0 Å². The fraction of sp³-hybridized carbons (Fsp3) is 0. The van der Waals surface area contributed by atoms with Gasteiger partial charge in [0.2, 0.25) is 0 Å². The van der Waals surface area contributed by atoms with Gasteiger partial charge in [0.1, 0.15) is 0 Å². The van der Waals surface area contributed by atoms with E-state index in [4.69, 9.17) is 15.0 Å². The van der Waals surface area contributed by atoms with Gasteiger partial charge >= 0.3 is 6.16 Å². The van der Waals surface area contributed by atoms with Crippen molar-refractivity contribution in [1.82, 2.24) is 0 Å². The van der Waals surface area contributed by atoms with E-state index >= 15 is 0 Å². The summed E-state index contributed by atoms with van der Waals surface area (Å²) in [5.74, 6) is 0. The molecule has 4 nitrogen and oxygen atoms in total. The van der Waals surface area contributed by atoms with Crippen LogP contribution in [0.3, 0.4) is 0 Å². The molecular weight excluding hydrogens is 216 g/mol. The van der Waals surface area contributed by atoms with E-state index in [-0.39, 0.29) is 47.2 Å². The third-order valence-electron chi connectivity index (χ3n) is 0. The van der Waals surface area contributed by atoms with Gasteiger partial charge in [-0.2, -0.15) is 0 Å². The van der Waals surface area contributed by atoms with E-state index in [0.717, 1.165) is 0 Å². The molecule has 0 fully saturated rings. The average molecular weight is 220 g/mol. The Balaban J connectivity index is -0.0000000450. The van der Waals surface area contributed by atoms with Crippen LogP contribution in [0.4, 0.5) is 4.79 Å². The maximum absolute atomic E-state index is 8.56. The number of carboxylic acid groups (broad SMARTS) is 2. The Bertz CT molecular complexity index is 30.5. The molecule has 0 amide bonds. The molecule has 0 aliphatic carbocycles. The Hall–Kier alpha value is 0.607. The van der Waals surface area contributed by atoms with Crippen molar-refractivity contribution in [3.63, 3.8) is 0 Å². The van der Waals surface area contributed by atoms with Gasteiger partial charge in [-0.15, -0.1) is 0 Å². The van der Waals surface area contributed by atoms with Crippen LogP contribution in [0.2, 0.25) is 0 Å². The number of hydrogen-bond donors (Lipinski definition) is 2. The van der Waals surface area contributed by atoms with Crippen molar-refractivity contribution in [2.45, 2.75) is 0 Å². The monoisotopic (exact) mass is 220 g/mol. The molecule has 0 saturated carbocycles. The molecule has 0 aromatic heterocycles. The van der Waals surface area contributed by atoms with Crippen molar-refractivity contribution in [2.24, 2.45) is 0 Å². The second kappa shape index (κ2) is 9.15. The minimum absolute atomic E-state index is 0. The summed E-state index contributed by atoms with van der Waals surface area (Å²) in [6, 6.07) is 0. The Morgan fingerprint density at radius 2 is 1.33 bits per heavy atom. The normalized spacial score (nSPS) is 4.00. The summed E-state index contributed by atoms with van der Waals surface area (Å²) in [7, 11) is 0. The van der Waals surface area contributed by atoms with Gasteiger partial charge < -0.3 is 15.7 Å². The van der Waals surface area contributed by atoms with E-state index in [1.165, 1.54) is 0 Å². The molecule has 0 radical (unpaired) electrons. The first kappa shape index (κ1) is 16.0. The van der Waals surface area contributed by atoms with Gasteiger partial charge in [0.05, 0.1) is 0 Å². The van der Waals surface area contributed by atoms with Crippen molar-refractivity contribution in [1.29, 1.82) is 0 Å². The van der Waals surface area contributed by atoms with E-state index in [1.807, 2.05) is 0 Å².